The summed E-state index contributed by atoms with van der Waals surface area (Å²) in [5.41, 5.74) is 1.03. The highest BCUT2D eigenvalue weighted by atomic mass is 79.9. The number of carbonyl (C=O) groups excluding carboxylic acids is 1. The molecule has 0 spiro atoms. The van der Waals surface area contributed by atoms with Crippen molar-refractivity contribution in [3.8, 4) is 5.69 Å². The Hall–Kier alpha value is -1.44. The summed E-state index contributed by atoms with van der Waals surface area (Å²) in [6, 6.07) is 5.95. The summed E-state index contributed by atoms with van der Waals surface area (Å²) in [7, 11) is 0. The lowest BCUT2D eigenvalue weighted by Gasteiger charge is -2.08. The Balaban J connectivity index is 0.00000208. The molecular formula is C16H19BrClFN4O. The van der Waals surface area contributed by atoms with Crippen molar-refractivity contribution in [2.45, 2.75) is 12.8 Å². The van der Waals surface area contributed by atoms with Crippen LogP contribution in [0.4, 0.5) is 4.39 Å². The first-order chi connectivity index (χ1) is 11.1. The number of halogens is 3. The van der Waals surface area contributed by atoms with Gasteiger partial charge in [-0.05, 0) is 72.0 Å². The van der Waals surface area contributed by atoms with Gasteiger partial charge in [0.2, 0.25) is 0 Å². The third-order valence-corrected chi connectivity index (χ3v) is 4.56. The molecule has 1 amide bonds. The number of hydrogen-bond donors (Lipinski definition) is 2. The third kappa shape index (κ3) is 4.55. The lowest BCUT2D eigenvalue weighted by molar-refractivity contribution is 0.0945. The molecule has 5 nitrogen and oxygen atoms in total. The zero-order valence-corrected chi connectivity index (χ0v) is 15.4. The fraction of sp³-hybridized carbons (Fsp3) is 0.375. The van der Waals surface area contributed by atoms with Gasteiger partial charge in [-0.1, -0.05) is 0 Å². The molecule has 1 aliphatic rings. The van der Waals surface area contributed by atoms with Gasteiger partial charge in [-0.3, -0.25) is 4.79 Å². The van der Waals surface area contributed by atoms with Crippen molar-refractivity contribution < 1.29 is 9.18 Å². The van der Waals surface area contributed by atoms with Crippen molar-refractivity contribution in [3.63, 3.8) is 0 Å². The Morgan fingerprint density at radius 3 is 2.83 bits per heavy atom. The zero-order chi connectivity index (χ0) is 16.2. The van der Waals surface area contributed by atoms with E-state index in [-0.39, 0.29) is 24.1 Å². The van der Waals surface area contributed by atoms with Crippen LogP contribution in [0.3, 0.4) is 0 Å². The number of carbonyl (C=O) groups is 1. The van der Waals surface area contributed by atoms with E-state index in [1.54, 1.807) is 23.0 Å². The van der Waals surface area contributed by atoms with E-state index in [1.807, 2.05) is 0 Å². The average Bonchev–Trinajstić information content (AvgIpc) is 3.17. The highest BCUT2D eigenvalue weighted by molar-refractivity contribution is 9.10. The molecule has 1 aromatic heterocycles. The summed E-state index contributed by atoms with van der Waals surface area (Å²) >= 11 is 3.36. The van der Waals surface area contributed by atoms with E-state index in [1.165, 1.54) is 18.6 Å². The molecule has 2 heterocycles. The fourth-order valence-electron chi connectivity index (χ4n) is 2.67. The highest BCUT2D eigenvalue weighted by Gasteiger charge is 2.18. The smallest absolute Gasteiger partial charge is 0.272 e. The Morgan fingerprint density at radius 1 is 1.42 bits per heavy atom. The monoisotopic (exact) mass is 416 g/mol. The number of rotatable bonds is 5. The first-order valence-corrected chi connectivity index (χ1v) is 8.43. The fourth-order valence-corrected chi connectivity index (χ4v) is 3.12. The molecule has 0 aliphatic carbocycles. The summed E-state index contributed by atoms with van der Waals surface area (Å²) in [5, 5.41) is 10.5. The number of aromatic nitrogens is 2. The van der Waals surface area contributed by atoms with E-state index in [2.05, 4.69) is 31.7 Å². The minimum absolute atomic E-state index is 0. The number of hydrogen-bond acceptors (Lipinski definition) is 3. The van der Waals surface area contributed by atoms with Crippen molar-refractivity contribution in [2.24, 2.45) is 5.92 Å². The summed E-state index contributed by atoms with van der Waals surface area (Å²) in [6.07, 6.45) is 3.83. The topological polar surface area (TPSA) is 59.0 Å². The molecule has 3 rings (SSSR count). The first kappa shape index (κ1) is 18.9. The van der Waals surface area contributed by atoms with E-state index in [9.17, 15) is 9.18 Å². The molecule has 2 N–H and O–H groups in total. The molecule has 0 bridgehead atoms. The summed E-state index contributed by atoms with van der Waals surface area (Å²) in [6.45, 7) is 2.73. The van der Waals surface area contributed by atoms with Crippen LogP contribution >= 0.6 is 28.3 Å². The molecule has 8 heteroatoms. The normalized spacial score (nSPS) is 16.7. The van der Waals surface area contributed by atoms with Gasteiger partial charge in [0, 0.05) is 12.7 Å². The van der Waals surface area contributed by atoms with Crippen LogP contribution in [0.15, 0.2) is 34.9 Å². The summed E-state index contributed by atoms with van der Waals surface area (Å²) in [4.78, 5) is 12.2. The van der Waals surface area contributed by atoms with Crippen molar-refractivity contribution in [2.75, 3.05) is 19.6 Å². The van der Waals surface area contributed by atoms with E-state index in [4.69, 9.17) is 0 Å². The second-order valence-corrected chi connectivity index (χ2v) is 6.50. The minimum atomic E-state index is -0.306. The lowest BCUT2D eigenvalue weighted by Crippen LogP contribution is -2.27. The van der Waals surface area contributed by atoms with Gasteiger partial charge < -0.3 is 10.6 Å². The molecule has 2 aromatic rings. The third-order valence-electron chi connectivity index (χ3n) is 3.98. The van der Waals surface area contributed by atoms with Crippen LogP contribution in [-0.4, -0.2) is 35.3 Å². The molecule has 1 aromatic carbocycles. The molecule has 1 unspecified atom stereocenters. The predicted molar refractivity (Wildman–Crippen MR) is 96.4 cm³/mol. The van der Waals surface area contributed by atoms with Crippen molar-refractivity contribution in [1.82, 2.24) is 20.4 Å². The molecule has 24 heavy (non-hydrogen) atoms. The van der Waals surface area contributed by atoms with Crippen LogP contribution in [-0.2, 0) is 0 Å². The second-order valence-electron chi connectivity index (χ2n) is 5.65. The van der Waals surface area contributed by atoms with Gasteiger partial charge >= 0.3 is 0 Å². The molecule has 130 valence electrons. The maximum atomic E-state index is 13.0. The SMILES string of the molecule is Cl.O=C(NCCC1CCNC1)c1nn(-c2ccc(F)cc2)cc1Br. The van der Waals surface area contributed by atoms with Gasteiger partial charge in [0.05, 0.1) is 10.2 Å². The van der Waals surface area contributed by atoms with Crippen molar-refractivity contribution in [1.29, 1.82) is 0 Å². The number of amides is 1. The average molecular weight is 418 g/mol. The standard InChI is InChI=1S/C16H18BrFN4O.ClH/c17-14-10-22(13-3-1-12(18)2-4-13)21-15(14)16(23)20-8-6-11-5-7-19-9-11;/h1-4,10-11,19H,5-9H2,(H,20,23);1H. The van der Waals surface area contributed by atoms with Crippen LogP contribution < -0.4 is 10.6 Å². The maximum absolute atomic E-state index is 13.0. The number of benzene rings is 1. The predicted octanol–water partition coefficient (Wildman–Crippen LogP) is 2.93. The van der Waals surface area contributed by atoms with Gasteiger partial charge in [0.1, 0.15) is 5.82 Å². The van der Waals surface area contributed by atoms with Crippen LogP contribution in [0.25, 0.3) is 5.69 Å². The molecule has 1 atom stereocenters. The van der Waals surface area contributed by atoms with Crippen LogP contribution in [0.2, 0.25) is 0 Å². The molecule has 0 radical (unpaired) electrons. The minimum Gasteiger partial charge on any atom is -0.351 e. The Bertz CT molecular complexity index is 686. The van der Waals surface area contributed by atoms with Gasteiger partial charge in [0.15, 0.2) is 5.69 Å². The molecule has 1 fully saturated rings. The van der Waals surface area contributed by atoms with Gasteiger partial charge in [-0.25, -0.2) is 9.07 Å². The molecule has 1 saturated heterocycles. The van der Waals surface area contributed by atoms with Gasteiger partial charge in [-0.2, -0.15) is 5.10 Å². The first-order valence-electron chi connectivity index (χ1n) is 7.63. The Kier molecular flexibility index (Phi) is 6.77. The summed E-state index contributed by atoms with van der Waals surface area (Å²) < 4.78 is 15.1. The van der Waals surface area contributed by atoms with Crippen LogP contribution in [0.1, 0.15) is 23.3 Å². The van der Waals surface area contributed by atoms with Crippen molar-refractivity contribution >= 4 is 34.2 Å². The Morgan fingerprint density at radius 2 is 2.17 bits per heavy atom. The van der Waals surface area contributed by atoms with Gasteiger partial charge in [0.25, 0.3) is 5.91 Å². The number of nitrogens with zero attached hydrogens (tertiary/aromatic N) is 2. The van der Waals surface area contributed by atoms with E-state index < -0.39 is 0 Å². The quantitative estimate of drug-likeness (QED) is 0.786. The summed E-state index contributed by atoms with van der Waals surface area (Å²) in [5.74, 6) is 0.124. The maximum Gasteiger partial charge on any atom is 0.272 e. The van der Waals surface area contributed by atoms with E-state index in [0.29, 0.717) is 28.3 Å². The van der Waals surface area contributed by atoms with E-state index in [0.717, 1.165) is 19.5 Å². The molecular weight excluding hydrogens is 399 g/mol. The largest absolute Gasteiger partial charge is 0.351 e. The zero-order valence-electron chi connectivity index (χ0n) is 13.0. The molecule has 0 saturated carbocycles. The van der Waals surface area contributed by atoms with Crippen LogP contribution in [0, 0.1) is 11.7 Å². The molecule has 1 aliphatic heterocycles. The lowest BCUT2D eigenvalue weighted by atomic mass is 10.1. The highest BCUT2D eigenvalue weighted by Crippen LogP contribution is 2.18. The number of nitrogens with one attached hydrogen (secondary N) is 2. The Labute approximate surface area is 154 Å². The van der Waals surface area contributed by atoms with Crippen molar-refractivity contribution in [3.05, 3.63) is 46.4 Å². The second kappa shape index (κ2) is 8.60. The van der Waals surface area contributed by atoms with E-state index >= 15 is 0 Å². The van der Waals surface area contributed by atoms with Crippen LogP contribution in [0.5, 0.6) is 0 Å². The van der Waals surface area contributed by atoms with Gasteiger partial charge in [-0.15, -0.1) is 12.4 Å².